The molecule has 1 aliphatic carbocycles. The van der Waals surface area contributed by atoms with Gasteiger partial charge in [0, 0.05) is 0 Å². The summed E-state index contributed by atoms with van der Waals surface area (Å²) in [5.74, 6) is -0.411. The third-order valence-corrected chi connectivity index (χ3v) is 5.87. The van der Waals surface area contributed by atoms with Crippen molar-refractivity contribution < 1.29 is 18.3 Å². The van der Waals surface area contributed by atoms with Gasteiger partial charge in [-0.2, -0.15) is 0 Å². The summed E-state index contributed by atoms with van der Waals surface area (Å²) in [6, 6.07) is 2.81. The SMILES string of the molecule is Cc1ccc(C(=O)[C@@H]2CCC(C3CCC(C)CC3)CO2)c(F)c1F. The minimum atomic E-state index is -1.05. The van der Waals surface area contributed by atoms with Gasteiger partial charge < -0.3 is 4.74 Å². The number of hydrogen-bond acceptors (Lipinski definition) is 2. The molecule has 2 fully saturated rings. The van der Waals surface area contributed by atoms with Crippen molar-refractivity contribution in [1.82, 2.24) is 0 Å². The number of carbonyl (C=O) groups excluding carboxylic acids is 1. The van der Waals surface area contributed by atoms with E-state index in [2.05, 4.69) is 6.92 Å². The maximum absolute atomic E-state index is 14.0. The first-order valence-corrected chi connectivity index (χ1v) is 9.07. The fourth-order valence-corrected chi connectivity index (χ4v) is 4.12. The molecule has 2 atom stereocenters. The zero-order valence-electron chi connectivity index (χ0n) is 14.5. The van der Waals surface area contributed by atoms with Crippen molar-refractivity contribution in [3.8, 4) is 0 Å². The Morgan fingerprint density at radius 2 is 1.67 bits per heavy atom. The summed E-state index contributed by atoms with van der Waals surface area (Å²) in [5, 5.41) is 0. The molecular formula is C20H26F2O2. The van der Waals surface area contributed by atoms with E-state index in [4.69, 9.17) is 4.74 Å². The molecule has 2 aliphatic rings. The average molecular weight is 336 g/mol. The van der Waals surface area contributed by atoms with E-state index in [1.165, 1.54) is 44.7 Å². The topological polar surface area (TPSA) is 26.3 Å². The van der Waals surface area contributed by atoms with Gasteiger partial charge in [0.25, 0.3) is 0 Å². The highest BCUT2D eigenvalue weighted by atomic mass is 19.2. The van der Waals surface area contributed by atoms with Gasteiger partial charge in [-0.25, -0.2) is 8.78 Å². The first-order valence-electron chi connectivity index (χ1n) is 9.07. The van der Waals surface area contributed by atoms with Gasteiger partial charge in [-0.15, -0.1) is 0 Å². The van der Waals surface area contributed by atoms with E-state index in [1.807, 2.05) is 0 Å². The molecule has 1 heterocycles. The van der Waals surface area contributed by atoms with Crippen LogP contribution < -0.4 is 0 Å². The molecule has 1 saturated heterocycles. The van der Waals surface area contributed by atoms with Crippen molar-refractivity contribution in [3.05, 3.63) is 34.9 Å². The normalized spacial score (nSPS) is 31.0. The molecule has 24 heavy (non-hydrogen) atoms. The van der Waals surface area contributed by atoms with E-state index in [9.17, 15) is 13.6 Å². The Kier molecular flexibility index (Phi) is 5.33. The van der Waals surface area contributed by atoms with Gasteiger partial charge in [-0.1, -0.05) is 25.8 Å². The Bertz CT molecular complexity index is 598. The van der Waals surface area contributed by atoms with E-state index in [0.717, 1.165) is 12.3 Å². The zero-order valence-corrected chi connectivity index (χ0v) is 14.5. The number of benzene rings is 1. The molecule has 0 aromatic heterocycles. The molecule has 1 unspecified atom stereocenters. The van der Waals surface area contributed by atoms with Gasteiger partial charge in [-0.3, -0.25) is 4.79 Å². The monoisotopic (exact) mass is 336 g/mol. The van der Waals surface area contributed by atoms with Crippen LogP contribution in [-0.2, 0) is 4.74 Å². The second-order valence-electron chi connectivity index (χ2n) is 7.60. The number of hydrogen-bond donors (Lipinski definition) is 0. The first-order chi connectivity index (χ1) is 11.5. The lowest BCUT2D eigenvalue weighted by atomic mass is 9.74. The third-order valence-electron chi connectivity index (χ3n) is 5.87. The van der Waals surface area contributed by atoms with Crippen LogP contribution in [0.1, 0.15) is 61.4 Å². The molecule has 0 bridgehead atoms. The maximum atomic E-state index is 14.0. The lowest BCUT2D eigenvalue weighted by Gasteiger charge is -2.36. The van der Waals surface area contributed by atoms with E-state index >= 15 is 0 Å². The Labute approximate surface area is 142 Å². The molecule has 1 aromatic carbocycles. The van der Waals surface area contributed by atoms with Crippen LogP contribution in [0, 0.1) is 36.3 Å². The number of carbonyl (C=O) groups is 1. The van der Waals surface area contributed by atoms with Crippen LogP contribution in [0.3, 0.4) is 0 Å². The van der Waals surface area contributed by atoms with Crippen molar-refractivity contribution in [2.45, 2.75) is 58.5 Å². The summed E-state index contributed by atoms with van der Waals surface area (Å²) in [4.78, 5) is 12.5. The van der Waals surface area contributed by atoms with Crippen molar-refractivity contribution >= 4 is 5.78 Å². The quantitative estimate of drug-likeness (QED) is 0.720. The molecule has 4 heteroatoms. The van der Waals surface area contributed by atoms with Crippen molar-refractivity contribution in [2.24, 2.45) is 17.8 Å². The van der Waals surface area contributed by atoms with E-state index in [1.54, 1.807) is 0 Å². The number of Topliss-reactive ketones (excluding diaryl/α,β-unsaturated/α-hetero) is 1. The summed E-state index contributed by atoms with van der Waals surface area (Å²) in [5.41, 5.74) is 0.0215. The van der Waals surface area contributed by atoms with Gasteiger partial charge in [0.2, 0.25) is 0 Å². The molecule has 1 aliphatic heterocycles. The molecule has 0 N–H and O–H groups in total. The molecule has 0 spiro atoms. The Morgan fingerprint density at radius 3 is 2.29 bits per heavy atom. The predicted octanol–water partition coefficient (Wildman–Crippen LogP) is 5.08. The molecule has 2 nitrogen and oxygen atoms in total. The fourth-order valence-electron chi connectivity index (χ4n) is 4.12. The summed E-state index contributed by atoms with van der Waals surface area (Å²) >= 11 is 0. The maximum Gasteiger partial charge on any atom is 0.194 e. The number of aryl methyl sites for hydroxylation is 1. The van der Waals surface area contributed by atoms with Crippen molar-refractivity contribution in [3.63, 3.8) is 0 Å². The standard InChI is InChI=1S/C20H26F2O2/c1-12-3-6-14(7-4-12)15-8-10-17(24-11-15)20(23)16-9-5-13(2)18(21)19(16)22/h5,9,12,14-15,17H,3-4,6-8,10-11H2,1-2H3/t12?,14?,15?,17-/m0/s1. The zero-order chi connectivity index (χ0) is 17.3. The second kappa shape index (κ2) is 7.30. The Hall–Kier alpha value is -1.29. The van der Waals surface area contributed by atoms with Crippen LogP contribution in [0.4, 0.5) is 8.78 Å². The van der Waals surface area contributed by atoms with E-state index in [0.29, 0.717) is 24.9 Å². The fraction of sp³-hybridized carbons (Fsp3) is 0.650. The second-order valence-corrected chi connectivity index (χ2v) is 7.60. The summed E-state index contributed by atoms with van der Waals surface area (Å²) in [6.45, 7) is 4.35. The van der Waals surface area contributed by atoms with Crippen LogP contribution in [0.2, 0.25) is 0 Å². The first kappa shape index (κ1) is 17.5. The number of ketones is 1. The highest BCUT2D eigenvalue weighted by molar-refractivity contribution is 5.99. The molecule has 3 rings (SSSR count). The highest BCUT2D eigenvalue weighted by Crippen LogP contribution is 2.37. The minimum absolute atomic E-state index is 0.187. The van der Waals surface area contributed by atoms with E-state index < -0.39 is 23.5 Å². The Morgan fingerprint density at radius 1 is 1.00 bits per heavy atom. The number of ether oxygens (including phenoxy) is 1. The van der Waals surface area contributed by atoms with Crippen molar-refractivity contribution in [1.29, 1.82) is 0 Å². The number of halogens is 2. The molecule has 132 valence electrons. The predicted molar refractivity (Wildman–Crippen MR) is 89.0 cm³/mol. The smallest absolute Gasteiger partial charge is 0.194 e. The molecule has 0 amide bonds. The highest BCUT2D eigenvalue weighted by Gasteiger charge is 2.34. The van der Waals surface area contributed by atoms with Gasteiger partial charge >= 0.3 is 0 Å². The molecule has 1 saturated carbocycles. The van der Waals surface area contributed by atoms with Gasteiger partial charge in [-0.05, 0) is 62.0 Å². The van der Waals surface area contributed by atoms with Gasteiger partial charge in [0.15, 0.2) is 17.4 Å². The average Bonchev–Trinajstić information content (AvgIpc) is 2.60. The molecule has 1 aromatic rings. The van der Waals surface area contributed by atoms with Crippen LogP contribution in [0.25, 0.3) is 0 Å². The largest absolute Gasteiger partial charge is 0.370 e. The summed E-state index contributed by atoms with van der Waals surface area (Å²) < 4.78 is 33.5. The van der Waals surface area contributed by atoms with Crippen molar-refractivity contribution in [2.75, 3.05) is 6.61 Å². The van der Waals surface area contributed by atoms with Crippen LogP contribution in [-0.4, -0.2) is 18.5 Å². The summed E-state index contributed by atoms with van der Waals surface area (Å²) in [7, 11) is 0. The van der Waals surface area contributed by atoms with E-state index in [-0.39, 0.29) is 11.1 Å². The van der Waals surface area contributed by atoms with Crippen LogP contribution >= 0.6 is 0 Å². The van der Waals surface area contributed by atoms with Gasteiger partial charge in [0.1, 0.15) is 6.10 Å². The summed E-state index contributed by atoms with van der Waals surface area (Å²) in [6.07, 6.45) is 5.93. The third kappa shape index (κ3) is 3.53. The lowest BCUT2D eigenvalue weighted by molar-refractivity contribution is -0.0263. The minimum Gasteiger partial charge on any atom is -0.370 e. The van der Waals surface area contributed by atoms with Crippen LogP contribution in [0.15, 0.2) is 12.1 Å². The number of rotatable bonds is 3. The van der Waals surface area contributed by atoms with Gasteiger partial charge in [0.05, 0.1) is 12.2 Å². The lowest BCUT2D eigenvalue weighted by Crippen LogP contribution is -2.36. The Balaban J connectivity index is 1.60. The van der Waals surface area contributed by atoms with Crippen LogP contribution in [0.5, 0.6) is 0 Å². The molecular weight excluding hydrogens is 310 g/mol. The molecule has 0 radical (unpaired) electrons.